The zero-order valence-electron chi connectivity index (χ0n) is 11.3. The Morgan fingerprint density at radius 2 is 1.89 bits per heavy atom. The molecule has 0 aliphatic rings. The van der Waals surface area contributed by atoms with E-state index in [4.69, 9.17) is 10.5 Å². The lowest BCUT2D eigenvalue weighted by Crippen LogP contribution is -2.27. The summed E-state index contributed by atoms with van der Waals surface area (Å²) in [5.74, 6) is 0. The fraction of sp³-hybridized carbons (Fsp3) is 0.538. The average Bonchev–Trinajstić information content (AvgIpc) is 2.43. The normalized spacial score (nSPS) is 11.7. The lowest BCUT2D eigenvalue weighted by Gasteiger charge is -2.08. The van der Waals surface area contributed by atoms with Crippen LogP contribution in [0.15, 0.2) is 29.2 Å². The van der Waals surface area contributed by atoms with E-state index in [1.165, 1.54) is 0 Å². The van der Waals surface area contributed by atoms with E-state index in [9.17, 15) is 8.42 Å². The molecule has 0 saturated carbocycles. The summed E-state index contributed by atoms with van der Waals surface area (Å²) in [5.41, 5.74) is 6.37. The molecule has 0 atom stereocenters. The summed E-state index contributed by atoms with van der Waals surface area (Å²) in [6, 6.07) is 6.55. The van der Waals surface area contributed by atoms with Gasteiger partial charge in [0.1, 0.15) is 0 Å². The van der Waals surface area contributed by atoms with Crippen LogP contribution in [0.25, 0.3) is 0 Å². The fourth-order valence-electron chi connectivity index (χ4n) is 1.48. The first-order valence-electron chi connectivity index (χ1n) is 6.46. The second-order valence-electron chi connectivity index (χ2n) is 4.21. The van der Waals surface area contributed by atoms with Crippen molar-refractivity contribution < 1.29 is 13.2 Å². The minimum absolute atomic E-state index is 0.248. The predicted molar refractivity (Wildman–Crippen MR) is 75.2 cm³/mol. The first kappa shape index (κ1) is 16.1. The van der Waals surface area contributed by atoms with Gasteiger partial charge in [0.15, 0.2) is 0 Å². The van der Waals surface area contributed by atoms with Gasteiger partial charge in [-0.1, -0.05) is 25.5 Å². The van der Waals surface area contributed by atoms with Crippen LogP contribution in [0, 0.1) is 0 Å². The average molecular weight is 286 g/mol. The molecule has 0 fully saturated rings. The number of nitrogens with two attached hydrogens (primary N) is 1. The SMILES string of the molecule is CCCCOCCNS(=O)(=O)c1ccc(CN)cc1. The highest BCUT2D eigenvalue weighted by Gasteiger charge is 2.12. The van der Waals surface area contributed by atoms with Crippen molar-refractivity contribution in [3.8, 4) is 0 Å². The molecule has 5 nitrogen and oxygen atoms in total. The van der Waals surface area contributed by atoms with Gasteiger partial charge >= 0.3 is 0 Å². The molecule has 1 aromatic carbocycles. The van der Waals surface area contributed by atoms with Crippen LogP contribution < -0.4 is 10.5 Å². The van der Waals surface area contributed by atoms with Crippen LogP contribution in [0.4, 0.5) is 0 Å². The molecule has 1 rings (SSSR count). The van der Waals surface area contributed by atoms with Crippen molar-refractivity contribution in [1.29, 1.82) is 0 Å². The Hall–Kier alpha value is -0.950. The maximum Gasteiger partial charge on any atom is 0.240 e. The smallest absolute Gasteiger partial charge is 0.240 e. The van der Waals surface area contributed by atoms with Gasteiger partial charge in [0.05, 0.1) is 11.5 Å². The number of sulfonamides is 1. The molecule has 3 N–H and O–H groups in total. The molecule has 0 amide bonds. The van der Waals surface area contributed by atoms with Crippen LogP contribution in [0.2, 0.25) is 0 Å². The Morgan fingerprint density at radius 3 is 2.47 bits per heavy atom. The van der Waals surface area contributed by atoms with E-state index in [-0.39, 0.29) is 11.4 Å². The van der Waals surface area contributed by atoms with Gasteiger partial charge in [-0.15, -0.1) is 0 Å². The molecule has 0 bridgehead atoms. The number of ether oxygens (including phenoxy) is 1. The van der Waals surface area contributed by atoms with Gasteiger partial charge in [-0.3, -0.25) is 0 Å². The molecular formula is C13H22N2O3S. The lowest BCUT2D eigenvalue weighted by molar-refractivity contribution is 0.136. The molecule has 19 heavy (non-hydrogen) atoms. The van der Waals surface area contributed by atoms with Crippen molar-refractivity contribution in [2.75, 3.05) is 19.8 Å². The summed E-state index contributed by atoms with van der Waals surface area (Å²) in [6.07, 6.45) is 2.06. The molecule has 0 radical (unpaired) electrons. The van der Waals surface area contributed by atoms with Crippen molar-refractivity contribution in [3.63, 3.8) is 0 Å². The number of rotatable bonds is 9. The quantitative estimate of drug-likeness (QED) is 0.669. The van der Waals surface area contributed by atoms with Gasteiger partial charge in [0.2, 0.25) is 10.0 Å². The number of unbranched alkanes of at least 4 members (excludes halogenated alkanes) is 1. The van der Waals surface area contributed by atoms with Gasteiger partial charge in [0.25, 0.3) is 0 Å². The van der Waals surface area contributed by atoms with E-state index in [2.05, 4.69) is 11.6 Å². The van der Waals surface area contributed by atoms with Crippen molar-refractivity contribution in [2.24, 2.45) is 5.73 Å². The summed E-state index contributed by atoms with van der Waals surface area (Å²) in [5, 5.41) is 0. The molecule has 6 heteroatoms. The molecule has 0 aliphatic heterocycles. The monoisotopic (exact) mass is 286 g/mol. The molecule has 108 valence electrons. The van der Waals surface area contributed by atoms with E-state index in [1.807, 2.05) is 0 Å². The van der Waals surface area contributed by atoms with Crippen molar-refractivity contribution >= 4 is 10.0 Å². The van der Waals surface area contributed by atoms with Crippen LogP contribution in [0.3, 0.4) is 0 Å². The van der Waals surface area contributed by atoms with Crippen LogP contribution in [-0.4, -0.2) is 28.2 Å². The third kappa shape index (κ3) is 5.69. The standard InChI is InChI=1S/C13H22N2O3S/c1-2-3-9-18-10-8-15-19(16,17)13-6-4-12(11-14)5-7-13/h4-7,15H,2-3,8-11,14H2,1H3. The van der Waals surface area contributed by atoms with E-state index in [0.29, 0.717) is 19.8 Å². The van der Waals surface area contributed by atoms with Crippen molar-refractivity contribution in [1.82, 2.24) is 4.72 Å². The van der Waals surface area contributed by atoms with Crippen molar-refractivity contribution in [3.05, 3.63) is 29.8 Å². The maximum atomic E-state index is 11.9. The van der Waals surface area contributed by atoms with E-state index in [0.717, 1.165) is 18.4 Å². The molecular weight excluding hydrogens is 264 g/mol. The number of hydrogen-bond acceptors (Lipinski definition) is 4. The number of hydrogen-bond donors (Lipinski definition) is 2. The maximum absolute atomic E-state index is 11.9. The van der Waals surface area contributed by atoms with Crippen LogP contribution in [0.5, 0.6) is 0 Å². The molecule has 0 aromatic heterocycles. The van der Waals surface area contributed by atoms with Gasteiger partial charge in [0, 0.05) is 19.7 Å². The van der Waals surface area contributed by atoms with Crippen LogP contribution in [0.1, 0.15) is 25.3 Å². The van der Waals surface area contributed by atoms with Gasteiger partial charge in [-0.05, 0) is 24.1 Å². The minimum Gasteiger partial charge on any atom is -0.380 e. The molecule has 0 spiro atoms. The lowest BCUT2D eigenvalue weighted by atomic mass is 10.2. The number of nitrogens with one attached hydrogen (secondary N) is 1. The summed E-state index contributed by atoms with van der Waals surface area (Å²) in [7, 11) is -3.45. The van der Waals surface area contributed by atoms with E-state index < -0.39 is 10.0 Å². The summed E-state index contributed by atoms with van der Waals surface area (Å²) >= 11 is 0. The van der Waals surface area contributed by atoms with E-state index in [1.54, 1.807) is 24.3 Å². The summed E-state index contributed by atoms with van der Waals surface area (Å²) < 4.78 is 31.6. The Balaban J connectivity index is 2.42. The Morgan fingerprint density at radius 1 is 1.21 bits per heavy atom. The first-order chi connectivity index (χ1) is 9.10. The molecule has 0 saturated heterocycles. The van der Waals surface area contributed by atoms with Crippen LogP contribution in [-0.2, 0) is 21.3 Å². The second kappa shape index (κ2) is 8.27. The molecule has 0 unspecified atom stereocenters. The molecule has 1 aromatic rings. The molecule has 0 aliphatic carbocycles. The number of benzene rings is 1. The second-order valence-corrected chi connectivity index (χ2v) is 5.98. The largest absolute Gasteiger partial charge is 0.380 e. The Labute approximate surface area is 115 Å². The minimum atomic E-state index is -3.45. The van der Waals surface area contributed by atoms with Crippen LogP contribution >= 0.6 is 0 Å². The summed E-state index contributed by atoms with van der Waals surface area (Å²) in [6.45, 7) is 3.82. The zero-order valence-corrected chi connectivity index (χ0v) is 12.1. The highest BCUT2D eigenvalue weighted by Crippen LogP contribution is 2.09. The molecule has 0 heterocycles. The third-order valence-corrected chi connectivity index (χ3v) is 4.13. The van der Waals surface area contributed by atoms with Gasteiger partial charge in [-0.2, -0.15) is 0 Å². The highest BCUT2D eigenvalue weighted by atomic mass is 32.2. The first-order valence-corrected chi connectivity index (χ1v) is 7.95. The van der Waals surface area contributed by atoms with Gasteiger partial charge in [-0.25, -0.2) is 13.1 Å². The Kier molecular flexibility index (Phi) is 7.01. The highest BCUT2D eigenvalue weighted by molar-refractivity contribution is 7.89. The topological polar surface area (TPSA) is 81.4 Å². The van der Waals surface area contributed by atoms with E-state index >= 15 is 0 Å². The Bertz CT molecular complexity index is 457. The van der Waals surface area contributed by atoms with Crippen molar-refractivity contribution in [2.45, 2.75) is 31.2 Å². The third-order valence-electron chi connectivity index (χ3n) is 2.65. The summed E-state index contributed by atoms with van der Waals surface area (Å²) in [4.78, 5) is 0.248. The fourth-order valence-corrected chi connectivity index (χ4v) is 2.50. The van der Waals surface area contributed by atoms with Gasteiger partial charge < -0.3 is 10.5 Å². The zero-order chi connectivity index (χ0) is 14.1. The predicted octanol–water partition coefficient (Wildman–Crippen LogP) is 1.24.